The maximum absolute atomic E-state index is 11.8. The molecule has 14 heavy (non-hydrogen) atoms. The molecule has 0 atom stereocenters. The van der Waals surface area contributed by atoms with E-state index in [1.54, 1.807) is 0 Å². The molecule has 1 amide bonds. The van der Waals surface area contributed by atoms with E-state index in [4.69, 9.17) is 0 Å². The first-order chi connectivity index (χ1) is 6.46. The number of amides is 1. The zero-order valence-electron chi connectivity index (χ0n) is 9.89. The lowest BCUT2D eigenvalue weighted by Gasteiger charge is -2.18. The van der Waals surface area contributed by atoms with Crippen LogP contribution in [-0.4, -0.2) is 11.9 Å². The van der Waals surface area contributed by atoms with Crippen LogP contribution in [0, 0.1) is 11.3 Å². The SMILES string of the molecule is CC(C)CCC1(C(=O)NC(C)C)CC1. The van der Waals surface area contributed by atoms with Crippen molar-refractivity contribution in [2.45, 2.75) is 59.4 Å². The predicted molar refractivity (Wildman–Crippen MR) is 59.0 cm³/mol. The monoisotopic (exact) mass is 197 g/mol. The van der Waals surface area contributed by atoms with Gasteiger partial charge in [-0.3, -0.25) is 4.79 Å². The molecule has 2 nitrogen and oxygen atoms in total. The summed E-state index contributed by atoms with van der Waals surface area (Å²) >= 11 is 0. The minimum Gasteiger partial charge on any atom is -0.353 e. The van der Waals surface area contributed by atoms with Gasteiger partial charge >= 0.3 is 0 Å². The minimum absolute atomic E-state index is 0.0224. The number of carbonyl (C=O) groups excluding carboxylic acids is 1. The smallest absolute Gasteiger partial charge is 0.226 e. The molecule has 1 saturated carbocycles. The Morgan fingerprint density at radius 1 is 1.29 bits per heavy atom. The lowest BCUT2D eigenvalue weighted by Crippen LogP contribution is -2.36. The Bertz CT molecular complexity index is 204. The van der Waals surface area contributed by atoms with Gasteiger partial charge in [0.05, 0.1) is 0 Å². The molecule has 0 heterocycles. The Hall–Kier alpha value is -0.530. The Labute approximate surface area is 87.5 Å². The largest absolute Gasteiger partial charge is 0.353 e. The number of nitrogens with one attached hydrogen (secondary N) is 1. The van der Waals surface area contributed by atoms with E-state index in [1.807, 2.05) is 13.8 Å². The van der Waals surface area contributed by atoms with Crippen LogP contribution in [0.3, 0.4) is 0 Å². The molecule has 1 fully saturated rings. The Morgan fingerprint density at radius 2 is 1.86 bits per heavy atom. The molecular formula is C12H23NO. The van der Waals surface area contributed by atoms with Gasteiger partial charge in [-0.2, -0.15) is 0 Å². The summed E-state index contributed by atoms with van der Waals surface area (Å²) in [5, 5.41) is 3.03. The summed E-state index contributed by atoms with van der Waals surface area (Å²) in [4.78, 5) is 11.8. The summed E-state index contributed by atoms with van der Waals surface area (Å²) < 4.78 is 0. The molecule has 0 aromatic heterocycles. The summed E-state index contributed by atoms with van der Waals surface area (Å²) in [6.45, 7) is 8.49. The first-order valence-corrected chi connectivity index (χ1v) is 5.77. The van der Waals surface area contributed by atoms with E-state index in [1.165, 1.54) is 6.42 Å². The van der Waals surface area contributed by atoms with Gasteiger partial charge in [-0.25, -0.2) is 0 Å². The van der Waals surface area contributed by atoms with Crippen LogP contribution in [0.15, 0.2) is 0 Å². The number of rotatable bonds is 5. The van der Waals surface area contributed by atoms with Crippen molar-refractivity contribution in [2.24, 2.45) is 11.3 Å². The van der Waals surface area contributed by atoms with Crippen molar-refractivity contribution in [2.75, 3.05) is 0 Å². The van der Waals surface area contributed by atoms with Crippen LogP contribution in [0.4, 0.5) is 0 Å². The number of hydrogen-bond donors (Lipinski definition) is 1. The maximum atomic E-state index is 11.8. The minimum atomic E-state index is 0.0224. The van der Waals surface area contributed by atoms with Gasteiger partial charge in [0.15, 0.2) is 0 Å². The molecule has 0 bridgehead atoms. The second-order valence-electron chi connectivity index (χ2n) is 5.34. The van der Waals surface area contributed by atoms with Crippen molar-refractivity contribution < 1.29 is 4.79 Å². The highest BCUT2D eigenvalue weighted by molar-refractivity contribution is 5.85. The second kappa shape index (κ2) is 4.33. The van der Waals surface area contributed by atoms with Crippen molar-refractivity contribution >= 4 is 5.91 Å². The van der Waals surface area contributed by atoms with Crippen molar-refractivity contribution in [3.63, 3.8) is 0 Å². The molecule has 0 aliphatic heterocycles. The van der Waals surface area contributed by atoms with Crippen LogP contribution >= 0.6 is 0 Å². The Morgan fingerprint density at radius 3 is 2.21 bits per heavy atom. The van der Waals surface area contributed by atoms with Crippen LogP contribution in [0.2, 0.25) is 0 Å². The van der Waals surface area contributed by atoms with Crippen LogP contribution in [0.25, 0.3) is 0 Å². The van der Waals surface area contributed by atoms with Gasteiger partial charge in [-0.05, 0) is 45.4 Å². The fraction of sp³-hybridized carbons (Fsp3) is 0.917. The maximum Gasteiger partial charge on any atom is 0.226 e. The van der Waals surface area contributed by atoms with Gasteiger partial charge in [0.1, 0.15) is 0 Å². The molecule has 1 aliphatic carbocycles. The van der Waals surface area contributed by atoms with Crippen molar-refractivity contribution in [3.05, 3.63) is 0 Å². The van der Waals surface area contributed by atoms with E-state index in [9.17, 15) is 4.79 Å². The summed E-state index contributed by atoms with van der Waals surface area (Å²) in [5.41, 5.74) is 0.0224. The molecule has 0 aromatic rings. The zero-order valence-corrected chi connectivity index (χ0v) is 9.89. The molecule has 0 unspecified atom stereocenters. The van der Waals surface area contributed by atoms with E-state index in [0.717, 1.165) is 19.3 Å². The molecule has 0 spiro atoms. The molecule has 1 aliphatic rings. The average molecular weight is 197 g/mol. The normalized spacial score (nSPS) is 18.7. The van der Waals surface area contributed by atoms with Crippen LogP contribution in [0.1, 0.15) is 53.4 Å². The van der Waals surface area contributed by atoms with Gasteiger partial charge < -0.3 is 5.32 Å². The number of hydrogen-bond acceptors (Lipinski definition) is 1. The Balaban J connectivity index is 2.37. The molecule has 0 aromatic carbocycles. The third kappa shape index (κ3) is 3.00. The topological polar surface area (TPSA) is 29.1 Å². The summed E-state index contributed by atoms with van der Waals surface area (Å²) in [5.74, 6) is 0.993. The summed E-state index contributed by atoms with van der Waals surface area (Å²) in [7, 11) is 0. The first-order valence-electron chi connectivity index (χ1n) is 5.77. The van der Waals surface area contributed by atoms with E-state index in [0.29, 0.717) is 5.92 Å². The van der Waals surface area contributed by atoms with Crippen LogP contribution in [-0.2, 0) is 4.79 Å². The molecule has 1 rings (SSSR count). The van der Waals surface area contributed by atoms with E-state index >= 15 is 0 Å². The lowest BCUT2D eigenvalue weighted by molar-refractivity contribution is -0.127. The molecule has 0 saturated heterocycles. The standard InChI is InChI=1S/C12H23NO/c1-9(2)5-6-12(7-8-12)11(14)13-10(3)4/h9-10H,5-8H2,1-4H3,(H,13,14). The van der Waals surface area contributed by atoms with Gasteiger partial charge in [-0.1, -0.05) is 13.8 Å². The molecular weight excluding hydrogens is 174 g/mol. The van der Waals surface area contributed by atoms with Gasteiger partial charge in [0.25, 0.3) is 0 Å². The third-order valence-electron chi connectivity index (χ3n) is 2.96. The number of carbonyl (C=O) groups is 1. The molecule has 2 heteroatoms. The highest BCUT2D eigenvalue weighted by atomic mass is 16.2. The summed E-state index contributed by atoms with van der Waals surface area (Å²) in [6.07, 6.45) is 4.44. The van der Waals surface area contributed by atoms with Gasteiger partial charge in [0.2, 0.25) is 5.91 Å². The van der Waals surface area contributed by atoms with Crippen molar-refractivity contribution in [3.8, 4) is 0 Å². The zero-order chi connectivity index (χ0) is 10.8. The third-order valence-corrected chi connectivity index (χ3v) is 2.96. The Kier molecular flexibility index (Phi) is 3.57. The van der Waals surface area contributed by atoms with Crippen molar-refractivity contribution in [1.29, 1.82) is 0 Å². The fourth-order valence-corrected chi connectivity index (χ4v) is 1.72. The highest BCUT2D eigenvalue weighted by Gasteiger charge is 2.48. The predicted octanol–water partition coefficient (Wildman–Crippen LogP) is 2.73. The molecule has 82 valence electrons. The quantitative estimate of drug-likeness (QED) is 0.721. The van der Waals surface area contributed by atoms with Gasteiger partial charge in [-0.15, -0.1) is 0 Å². The van der Waals surface area contributed by atoms with E-state index in [2.05, 4.69) is 19.2 Å². The summed E-state index contributed by atoms with van der Waals surface area (Å²) in [6, 6.07) is 0.277. The van der Waals surface area contributed by atoms with Crippen LogP contribution < -0.4 is 5.32 Å². The average Bonchev–Trinajstić information content (AvgIpc) is 2.80. The van der Waals surface area contributed by atoms with Crippen LogP contribution in [0.5, 0.6) is 0 Å². The second-order valence-corrected chi connectivity index (χ2v) is 5.34. The highest BCUT2D eigenvalue weighted by Crippen LogP contribution is 2.50. The van der Waals surface area contributed by atoms with Gasteiger partial charge in [0, 0.05) is 11.5 Å². The lowest BCUT2D eigenvalue weighted by atomic mass is 9.94. The van der Waals surface area contributed by atoms with Crippen molar-refractivity contribution in [1.82, 2.24) is 5.32 Å². The fourth-order valence-electron chi connectivity index (χ4n) is 1.72. The first kappa shape index (κ1) is 11.5. The molecule has 1 N–H and O–H groups in total. The molecule has 0 radical (unpaired) electrons. The van der Waals surface area contributed by atoms with E-state index in [-0.39, 0.29) is 17.4 Å². The van der Waals surface area contributed by atoms with E-state index < -0.39 is 0 Å².